The van der Waals surface area contributed by atoms with Gasteiger partial charge >= 0.3 is 0 Å². The van der Waals surface area contributed by atoms with Gasteiger partial charge in [0.05, 0.1) is 11.2 Å². The van der Waals surface area contributed by atoms with Gasteiger partial charge in [0.25, 0.3) is 0 Å². The molecule has 3 N–H and O–H groups in total. The van der Waals surface area contributed by atoms with Crippen LogP contribution < -0.4 is 5.73 Å². The largest absolute Gasteiger partial charge is 0.354 e. The van der Waals surface area contributed by atoms with E-state index in [0.717, 1.165) is 47.0 Å². The first kappa shape index (κ1) is 16.0. The van der Waals surface area contributed by atoms with Crippen LogP contribution in [0.5, 0.6) is 0 Å². The average Bonchev–Trinajstić information content (AvgIpc) is 2.91. The van der Waals surface area contributed by atoms with E-state index in [2.05, 4.69) is 4.98 Å². The quantitative estimate of drug-likeness (QED) is 0.619. The molecule has 0 aliphatic heterocycles. The number of aromatic amines is 1. The Morgan fingerprint density at radius 1 is 1.13 bits per heavy atom. The fourth-order valence-electron chi connectivity index (χ4n) is 3.03. The fraction of sp³-hybridized carbons (Fsp3) is 0.263. The summed E-state index contributed by atoms with van der Waals surface area (Å²) in [4.78, 5) is 3.40. The van der Waals surface area contributed by atoms with E-state index < -0.39 is 0 Å². The zero-order valence-electron chi connectivity index (χ0n) is 13.1. The first-order valence-electron chi connectivity index (χ1n) is 7.88. The molecule has 0 unspecified atom stereocenters. The molecule has 0 atom stereocenters. The Kier molecular flexibility index (Phi) is 4.69. The molecule has 0 bridgehead atoms. The first-order chi connectivity index (χ1) is 11.1. The van der Waals surface area contributed by atoms with E-state index in [1.165, 1.54) is 6.07 Å². The van der Waals surface area contributed by atoms with Crippen LogP contribution in [0.1, 0.15) is 24.0 Å². The predicted molar refractivity (Wildman–Crippen MR) is 95.4 cm³/mol. The minimum absolute atomic E-state index is 0.220. The third-order valence-electron chi connectivity index (χ3n) is 4.30. The van der Waals surface area contributed by atoms with Gasteiger partial charge in [0.15, 0.2) is 0 Å². The highest BCUT2D eigenvalue weighted by Gasteiger charge is 2.17. The van der Waals surface area contributed by atoms with Crippen molar-refractivity contribution in [2.24, 2.45) is 5.73 Å². The summed E-state index contributed by atoms with van der Waals surface area (Å²) in [6.07, 6.45) is 2.80. The first-order valence-corrected chi connectivity index (χ1v) is 8.26. The van der Waals surface area contributed by atoms with E-state index in [1.807, 2.05) is 31.2 Å². The molecule has 0 radical (unpaired) electrons. The number of nitrogens with one attached hydrogen (secondary N) is 1. The third-order valence-corrected chi connectivity index (χ3v) is 4.71. The van der Waals surface area contributed by atoms with Crippen LogP contribution in [0.3, 0.4) is 0 Å². The smallest absolute Gasteiger partial charge is 0.132 e. The monoisotopic (exact) mass is 330 g/mol. The maximum absolute atomic E-state index is 14.3. The Hall–Kier alpha value is -1.84. The van der Waals surface area contributed by atoms with Crippen molar-refractivity contribution < 1.29 is 4.39 Å². The molecule has 1 aromatic heterocycles. The third kappa shape index (κ3) is 2.99. The lowest BCUT2D eigenvalue weighted by Gasteiger charge is -2.06. The Bertz CT molecular complexity index is 839. The van der Waals surface area contributed by atoms with Gasteiger partial charge < -0.3 is 10.7 Å². The Balaban J connectivity index is 2.21. The highest BCUT2D eigenvalue weighted by molar-refractivity contribution is 6.32. The van der Waals surface area contributed by atoms with Crippen molar-refractivity contribution >= 4 is 22.5 Å². The molecular formula is C19H20ClFN2. The van der Waals surface area contributed by atoms with Gasteiger partial charge in [-0.1, -0.05) is 29.8 Å². The van der Waals surface area contributed by atoms with E-state index in [1.54, 1.807) is 6.07 Å². The molecule has 2 aromatic carbocycles. The van der Waals surface area contributed by atoms with Crippen LogP contribution in [0.15, 0.2) is 36.4 Å². The number of fused-ring (bicyclic) bond motifs is 1. The normalized spacial score (nSPS) is 11.3. The highest BCUT2D eigenvalue weighted by atomic mass is 35.5. The molecule has 2 nitrogen and oxygen atoms in total. The summed E-state index contributed by atoms with van der Waals surface area (Å²) >= 11 is 6.24. The van der Waals surface area contributed by atoms with Crippen molar-refractivity contribution in [2.75, 3.05) is 6.54 Å². The second-order valence-corrected chi connectivity index (χ2v) is 6.21. The summed E-state index contributed by atoms with van der Waals surface area (Å²) in [5.41, 5.74) is 10.2. The molecule has 0 amide bonds. The average molecular weight is 331 g/mol. The van der Waals surface area contributed by atoms with Crippen molar-refractivity contribution in [3.8, 4) is 11.3 Å². The van der Waals surface area contributed by atoms with E-state index >= 15 is 0 Å². The number of hydrogen-bond acceptors (Lipinski definition) is 1. The molecule has 0 aliphatic rings. The van der Waals surface area contributed by atoms with Gasteiger partial charge in [-0.2, -0.15) is 0 Å². The lowest BCUT2D eigenvalue weighted by molar-refractivity contribution is 0.630. The van der Waals surface area contributed by atoms with Crippen molar-refractivity contribution in [2.45, 2.75) is 26.2 Å². The van der Waals surface area contributed by atoms with Crippen molar-refractivity contribution in [1.29, 1.82) is 0 Å². The maximum atomic E-state index is 14.3. The molecule has 0 saturated carbocycles. The molecule has 4 heteroatoms. The second-order valence-electron chi connectivity index (χ2n) is 5.80. The van der Waals surface area contributed by atoms with E-state index in [4.69, 9.17) is 17.3 Å². The molecular weight excluding hydrogens is 311 g/mol. The van der Waals surface area contributed by atoms with E-state index in [9.17, 15) is 4.39 Å². The molecule has 0 spiro atoms. The number of nitrogens with two attached hydrogens (primary N) is 1. The standard InChI is InChI=1S/C19H20ClFN2/c1-12-16(20)10-9-14-13(6-4-5-11-22)19(23-18(12)14)15-7-2-3-8-17(15)21/h2-3,7-10,23H,4-6,11,22H2,1H3. The molecule has 120 valence electrons. The van der Waals surface area contributed by atoms with Crippen LogP contribution in [-0.2, 0) is 6.42 Å². The molecule has 3 aromatic rings. The zero-order chi connectivity index (χ0) is 16.4. The summed E-state index contributed by atoms with van der Waals surface area (Å²) in [5.74, 6) is -0.220. The van der Waals surface area contributed by atoms with Gasteiger partial charge in [-0.3, -0.25) is 0 Å². The van der Waals surface area contributed by atoms with Gasteiger partial charge in [0.2, 0.25) is 0 Å². The highest BCUT2D eigenvalue weighted by Crippen LogP contribution is 2.36. The number of halogens is 2. The van der Waals surface area contributed by atoms with Gasteiger partial charge in [-0.15, -0.1) is 0 Å². The van der Waals surface area contributed by atoms with Gasteiger partial charge in [0.1, 0.15) is 5.82 Å². The van der Waals surface area contributed by atoms with Crippen LogP contribution in [0.4, 0.5) is 4.39 Å². The lowest BCUT2D eigenvalue weighted by Crippen LogP contribution is -1.99. The summed E-state index contributed by atoms with van der Waals surface area (Å²) in [6, 6.07) is 10.8. The summed E-state index contributed by atoms with van der Waals surface area (Å²) in [6.45, 7) is 2.65. The van der Waals surface area contributed by atoms with Gasteiger partial charge in [0, 0.05) is 16.0 Å². The topological polar surface area (TPSA) is 41.8 Å². The fourth-order valence-corrected chi connectivity index (χ4v) is 3.19. The lowest BCUT2D eigenvalue weighted by atomic mass is 9.99. The SMILES string of the molecule is Cc1c(Cl)ccc2c(CCCCN)c(-c3ccccc3F)[nH]c12. The summed E-state index contributed by atoms with van der Waals surface area (Å²) in [5, 5.41) is 1.83. The Morgan fingerprint density at radius 3 is 2.65 bits per heavy atom. The van der Waals surface area contributed by atoms with Crippen LogP contribution in [0.25, 0.3) is 22.2 Å². The number of H-pyrrole nitrogens is 1. The minimum Gasteiger partial charge on any atom is -0.354 e. The van der Waals surface area contributed by atoms with Crippen LogP contribution in [0.2, 0.25) is 5.02 Å². The molecule has 23 heavy (non-hydrogen) atoms. The minimum atomic E-state index is -0.220. The number of rotatable bonds is 5. The van der Waals surface area contributed by atoms with E-state index in [0.29, 0.717) is 17.1 Å². The molecule has 0 aliphatic carbocycles. The number of aromatic nitrogens is 1. The number of hydrogen-bond donors (Lipinski definition) is 2. The number of unbranched alkanes of at least 4 members (excludes halogenated alkanes) is 1. The summed E-state index contributed by atoms with van der Waals surface area (Å²) < 4.78 is 14.3. The van der Waals surface area contributed by atoms with Crippen LogP contribution >= 0.6 is 11.6 Å². The van der Waals surface area contributed by atoms with Crippen LogP contribution in [0, 0.1) is 12.7 Å². The summed E-state index contributed by atoms with van der Waals surface area (Å²) in [7, 11) is 0. The zero-order valence-corrected chi connectivity index (χ0v) is 13.9. The maximum Gasteiger partial charge on any atom is 0.132 e. The van der Waals surface area contributed by atoms with Crippen molar-refractivity contribution in [3.05, 3.63) is 58.4 Å². The van der Waals surface area contributed by atoms with Crippen LogP contribution in [-0.4, -0.2) is 11.5 Å². The number of benzene rings is 2. The van der Waals surface area contributed by atoms with Crippen molar-refractivity contribution in [1.82, 2.24) is 4.98 Å². The van der Waals surface area contributed by atoms with Crippen molar-refractivity contribution in [3.63, 3.8) is 0 Å². The predicted octanol–water partition coefficient (Wildman–Crippen LogP) is 5.22. The molecule has 3 rings (SSSR count). The Morgan fingerprint density at radius 2 is 1.91 bits per heavy atom. The molecule has 1 heterocycles. The Labute approximate surface area is 140 Å². The second kappa shape index (κ2) is 6.73. The molecule has 0 fully saturated rings. The van der Waals surface area contributed by atoms with Gasteiger partial charge in [-0.05, 0) is 62.1 Å². The van der Waals surface area contributed by atoms with Gasteiger partial charge in [-0.25, -0.2) is 4.39 Å². The van der Waals surface area contributed by atoms with E-state index in [-0.39, 0.29) is 5.82 Å². The molecule has 0 saturated heterocycles. The number of aryl methyl sites for hydroxylation is 2.